The molecular weight excluding hydrogens is 371 g/mol. The summed E-state index contributed by atoms with van der Waals surface area (Å²) in [7, 11) is 0. The van der Waals surface area contributed by atoms with Crippen molar-refractivity contribution >= 4 is 22.6 Å². The molecule has 1 aliphatic rings. The van der Waals surface area contributed by atoms with Crippen molar-refractivity contribution in [1.82, 2.24) is 10.2 Å². The van der Waals surface area contributed by atoms with Gasteiger partial charge in [-0.05, 0) is 66.0 Å². The first kappa shape index (κ1) is 17.2. The maximum Gasteiger partial charge on any atom is 0.0307 e. The number of nitrogens with one attached hydrogen (secondary N) is 1. The van der Waals surface area contributed by atoms with Crippen LogP contribution in [0.25, 0.3) is 0 Å². The monoisotopic (exact) mass is 400 g/mol. The Hall–Kier alpha value is -0.130. The lowest BCUT2D eigenvalue weighted by atomic mass is 9.89. The van der Waals surface area contributed by atoms with Gasteiger partial charge >= 0.3 is 0 Å². The van der Waals surface area contributed by atoms with Crippen molar-refractivity contribution in [3.05, 3.63) is 33.4 Å². The van der Waals surface area contributed by atoms with E-state index in [0.717, 1.165) is 25.6 Å². The first-order chi connectivity index (χ1) is 9.93. The van der Waals surface area contributed by atoms with Crippen LogP contribution in [-0.2, 0) is 6.54 Å². The summed E-state index contributed by atoms with van der Waals surface area (Å²) >= 11 is 2.37. The van der Waals surface area contributed by atoms with Crippen LogP contribution in [0.2, 0.25) is 0 Å². The van der Waals surface area contributed by atoms with Crippen LogP contribution in [0.1, 0.15) is 46.1 Å². The van der Waals surface area contributed by atoms with Crippen LogP contribution in [-0.4, -0.2) is 29.6 Å². The van der Waals surface area contributed by atoms with Crippen molar-refractivity contribution in [3.63, 3.8) is 0 Å². The molecule has 0 radical (unpaired) electrons. The molecule has 1 aromatic rings. The summed E-state index contributed by atoms with van der Waals surface area (Å²) in [6, 6.07) is 9.61. The van der Waals surface area contributed by atoms with E-state index < -0.39 is 0 Å². The molecule has 0 bridgehead atoms. The van der Waals surface area contributed by atoms with Gasteiger partial charge in [-0.2, -0.15) is 0 Å². The highest BCUT2D eigenvalue weighted by molar-refractivity contribution is 14.1. The lowest BCUT2D eigenvalue weighted by Gasteiger charge is -2.48. The van der Waals surface area contributed by atoms with E-state index in [9.17, 15) is 0 Å². The number of halogens is 1. The summed E-state index contributed by atoms with van der Waals surface area (Å²) in [6.07, 6.45) is 2.46. The van der Waals surface area contributed by atoms with Crippen molar-refractivity contribution in [3.8, 4) is 0 Å². The van der Waals surface area contributed by atoms with Gasteiger partial charge in [-0.1, -0.05) is 32.9 Å². The minimum absolute atomic E-state index is 0.274. The third-order valence-electron chi connectivity index (χ3n) is 4.78. The molecule has 1 heterocycles. The van der Waals surface area contributed by atoms with Gasteiger partial charge in [0.15, 0.2) is 0 Å². The number of rotatable bonds is 5. The maximum atomic E-state index is 3.77. The molecule has 0 amide bonds. The third kappa shape index (κ3) is 4.67. The van der Waals surface area contributed by atoms with E-state index >= 15 is 0 Å². The van der Waals surface area contributed by atoms with E-state index in [1.807, 2.05) is 0 Å². The Morgan fingerprint density at radius 3 is 2.57 bits per heavy atom. The van der Waals surface area contributed by atoms with Crippen LogP contribution < -0.4 is 5.32 Å². The highest BCUT2D eigenvalue weighted by atomic mass is 127. The van der Waals surface area contributed by atoms with Crippen LogP contribution in [0.4, 0.5) is 0 Å². The number of hydrogen-bond acceptors (Lipinski definition) is 2. The van der Waals surface area contributed by atoms with Crippen molar-refractivity contribution < 1.29 is 0 Å². The lowest BCUT2D eigenvalue weighted by molar-refractivity contribution is 0.0372. The Labute approximate surface area is 143 Å². The summed E-state index contributed by atoms with van der Waals surface area (Å²) in [4.78, 5) is 2.69. The van der Waals surface area contributed by atoms with Crippen molar-refractivity contribution in [2.24, 2.45) is 5.92 Å². The number of benzene rings is 1. The Morgan fingerprint density at radius 1 is 1.33 bits per heavy atom. The van der Waals surface area contributed by atoms with Crippen LogP contribution in [0.3, 0.4) is 0 Å². The molecule has 0 saturated carbocycles. The molecule has 3 heteroatoms. The Balaban J connectivity index is 2.08. The lowest BCUT2D eigenvalue weighted by Crippen LogP contribution is -2.62. The van der Waals surface area contributed by atoms with E-state index in [0.29, 0.717) is 6.04 Å². The molecule has 1 aliphatic heterocycles. The second-order valence-electron chi connectivity index (χ2n) is 7.06. The molecule has 2 atom stereocenters. The highest BCUT2D eigenvalue weighted by Gasteiger charge is 2.36. The van der Waals surface area contributed by atoms with Gasteiger partial charge in [0.05, 0.1) is 0 Å². The fourth-order valence-electron chi connectivity index (χ4n) is 3.17. The maximum absolute atomic E-state index is 3.77. The highest BCUT2D eigenvalue weighted by Crippen LogP contribution is 2.26. The van der Waals surface area contributed by atoms with Crippen LogP contribution in [0, 0.1) is 9.49 Å². The SMILES string of the molecule is CCC1(C)CNC(CC(C)C)CN1Cc1ccc(I)cc1. The van der Waals surface area contributed by atoms with E-state index in [1.165, 1.54) is 22.0 Å². The predicted molar refractivity (Wildman–Crippen MR) is 99.5 cm³/mol. The molecule has 0 aromatic heterocycles. The van der Waals surface area contributed by atoms with E-state index in [1.54, 1.807) is 0 Å². The molecule has 2 unspecified atom stereocenters. The smallest absolute Gasteiger partial charge is 0.0307 e. The molecular formula is C18H29IN2. The minimum Gasteiger partial charge on any atom is -0.311 e. The minimum atomic E-state index is 0.274. The zero-order valence-electron chi connectivity index (χ0n) is 13.8. The molecule has 2 nitrogen and oxygen atoms in total. The molecule has 1 N–H and O–H groups in total. The van der Waals surface area contributed by atoms with Gasteiger partial charge < -0.3 is 5.32 Å². The van der Waals surface area contributed by atoms with Gasteiger partial charge in [-0.3, -0.25) is 4.90 Å². The van der Waals surface area contributed by atoms with Gasteiger partial charge in [0.25, 0.3) is 0 Å². The number of piperazine rings is 1. The predicted octanol–water partition coefficient (Wildman–Crippen LogP) is 4.28. The second-order valence-corrected chi connectivity index (χ2v) is 8.31. The van der Waals surface area contributed by atoms with Crippen LogP contribution >= 0.6 is 22.6 Å². The second kappa shape index (κ2) is 7.42. The van der Waals surface area contributed by atoms with E-state index in [4.69, 9.17) is 0 Å². The molecule has 1 fully saturated rings. The van der Waals surface area contributed by atoms with Gasteiger partial charge in [0.2, 0.25) is 0 Å². The molecule has 118 valence electrons. The number of hydrogen-bond donors (Lipinski definition) is 1. The Morgan fingerprint density at radius 2 is 2.00 bits per heavy atom. The largest absolute Gasteiger partial charge is 0.311 e. The van der Waals surface area contributed by atoms with E-state index in [2.05, 4.69) is 84.8 Å². The summed E-state index contributed by atoms with van der Waals surface area (Å²) in [5, 5.41) is 3.77. The van der Waals surface area contributed by atoms with Gasteiger partial charge in [0, 0.05) is 34.8 Å². The summed E-state index contributed by atoms with van der Waals surface area (Å²) in [5.74, 6) is 0.758. The zero-order valence-corrected chi connectivity index (χ0v) is 16.0. The van der Waals surface area contributed by atoms with Crippen molar-refractivity contribution in [2.45, 2.75) is 58.7 Å². The molecule has 21 heavy (non-hydrogen) atoms. The molecule has 1 saturated heterocycles. The van der Waals surface area contributed by atoms with Crippen LogP contribution in [0.5, 0.6) is 0 Å². The Bertz CT molecular complexity index is 443. The average molecular weight is 400 g/mol. The Kier molecular flexibility index (Phi) is 6.09. The summed E-state index contributed by atoms with van der Waals surface area (Å²) in [5.41, 5.74) is 1.71. The normalized spacial score (nSPS) is 27.2. The standard InChI is InChI=1S/C18H29IN2/c1-5-18(4)13-20-17(10-14(2)3)12-21(18)11-15-6-8-16(19)9-7-15/h6-9,14,17,20H,5,10-13H2,1-4H3. The molecule has 0 aliphatic carbocycles. The van der Waals surface area contributed by atoms with Crippen molar-refractivity contribution in [1.29, 1.82) is 0 Å². The third-order valence-corrected chi connectivity index (χ3v) is 5.50. The molecule has 0 spiro atoms. The van der Waals surface area contributed by atoms with Gasteiger partial charge in [0.1, 0.15) is 0 Å². The fourth-order valence-corrected chi connectivity index (χ4v) is 3.53. The number of nitrogens with zero attached hydrogens (tertiary/aromatic N) is 1. The first-order valence-electron chi connectivity index (χ1n) is 8.16. The summed E-state index contributed by atoms with van der Waals surface area (Å²) in [6.45, 7) is 12.7. The van der Waals surface area contributed by atoms with Crippen LogP contribution in [0.15, 0.2) is 24.3 Å². The zero-order chi connectivity index (χ0) is 15.5. The average Bonchev–Trinajstić information content (AvgIpc) is 2.44. The van der Waals surface area contributed by atoms with Crippen molar-refractivity contribution in [2.75, 3.05) is 13.1 Å². The first-order valence-corrected chi connectivity index (χ1v) is 9.23. The fraction of sp³-hybridized carbons (Fsp3) is 0.667. The van der Waals surface area contributed by atoms with Gasteiger partial charge in [-0.25, -0.2) is 0 Å². The molecule has 1 aromatic carbocycles. The molecule has 2 rings (SSSR count). The topological polar surface area (TPSA) is 15.3 Å². The van der Waals surface area contributed by atoms with E-state index in [-0.39, 0.29) is 5.54 Å². The summed E-state index contributed by atoms with van der Waals surface area (Å²) < 4.78 is 1.31. The quantitative estimate of drug-likeness (QED) is 0.743. The van der Waals surface area contributed by atoms with Gasteiger partial charge in [-0.15, -0.1) is 0 Å².